The smallest absolute Gasteiger partial charge is 0.312 e. The molecule has 0 aliphatic carbocycles. The lowest BCUT2D eigenvalue weighted by molar-refractivity contribution is -0.147. The van der Waals surface area contributed by atoms with Gasteiger partial charge in [0.15, 0.2) is 6.61 Å². The molecule has 0 saturated heterocycles. The van der Waals surface area contributed by atoms with Crippen LogP contribution in [0.25, 0.3) is 0 Å². The van der Waals surface area contributed by atoms with Gasteiger partial charge in [0, 0.05) is 10.7 Å². The third kappa shape index (κ3) is 7.12. The molecule has 2 rings (SSSR count). The minimum atomic E-state index is -0.777. The Hall–Kier alpha value is -3.06. The van der Waals surface area contributed by atoms with Gasteiger partial charge in [-0.15, -0.1) is 0 Å². The molecule has 8 heteroatoms. The van der Waals surface area contributed by atoms with E-state index in [0.717, 1.165) is 5.56 Å². The number of anilines is 1. The third-order valence-electron chi connectivity index (χ3n) is 4.18. The van der Waals surface area contributed by atoms with Crippen molar-refractivity contribution in [1.29, 1.82) is 0 Å². The SMILES string of the molecule is CC(C)c1ccccc1NC(=O)COC(=O)C[C@H](NC(N)=O)c1ccc(Cl)cc1. The van der Waals surface area contributed by atoms with E-state index in [1.54, 1.807) is 30.3 Å². The molecule has 4 N–H and O–H groups in total. The van der Waals surface area contributed by atoms with Crippen molar-refractivity contribution in [3.8, 4) is 0 Å². The highest BCUT2D eigenvalue weighted by atomic mass is 35.5. The normalized spacial score (nSPS) is 11.6. The number of urea groups is 1. The van der Waals surface area contributed by atoms with Crippen LogP contribution in [0.1, 0.15) is 43.4 Å². The molecule has 2 aromatic rings. The van der Waals surface area contributed by atoms with Crippen molar-refractivity contribution >= 4 is 35.2 Å². The van der Waals surface area contributed by atoms with E-state index in [0.29, 0.717) is 16.3 Å². The highest BCUT2D eigenvalue weighted by molar-refractivity contribution is 6.30. The first kappa shape index (κ1) is 22.2. The van der Waals surface area contributed by atoms with Crippen molar-refractivity contribution in [2.75, 3.05) is 11.9 Å². The number of hydrogen-bond acceptors (Lipinski definition) is 4. The van der Waals surface area contributed by atoms with E-state index < -0.39 is 30.6 Å². The molecule has 0 fully saturated rings. The molecule has 0 spiro atoms. The fraction of sp³-hybridized carbons (Fsp3) is 0.286. The molecule has 0 heterocycles. The van der Waals surface area contributed by atoms with E-state index in [2.05, 4.69) is 10.6 Å². The number of amides is 3. The van der Waals surface area contributed by atoms with Crippen LogP contribution in [0, 0.1) is 0 Å². The number of nitrogens with two attached hydrogens (primary N) is 1. The molecule has 2 aromatic carbocycles. The van der Waals surface area contributed by atoms with Crippen molar-refractivity contribution < 1.29 is 19.1 Å². The molecular formula is C21H24ClN3O4. The number of primary amides is 1. The van der Waals surface area contributed by atoms with Crippen LogP contribution < -0.4 is 16.4 Å². The van der Waals surface area contributed by atoms with Gasteiger partial charge in [-0.3, -0.25) is 9.59 Å². The van der Waals surface area contributed by atoms with Crippen LogP contribution in [-0.4, -0.2) is 24.5 Å². The molecule has 0 aliphatic rings. The van der Waals surface area contributed by atoms with E-state index in [9.17, 15) is 14.4 Å². The lowest BCUT2D eigenvalue weighted by Crippen LogP contribution is -2.35. The van der Waals surface area contributed by atoms with E-state index in [-0.39, 0.29) is 12.3 Å². The monoisotopic (exact) mass is 417 g/mol. The number of para-hydroxylation sites is 1. The number of carbonyl (C=O) groups is 3. The summed E-state index contributed by atoms with van der Waals surface area (Å²) in [4.78, 5) is 35.6. The zero-order valence-electron chi connectivity index (χ0n) is 16.3. The van der Waals surface area contributed by atoms with Gasteiger partial charge in [0.05, 0.1) is 12.5 Å². The number of rotatable bonds is 8. The second kappa shape index (κ2) is 10.5. The Labute approximate surface area is 174 Å². The van der Waals surface area contributed by atoms with Gasteiger partial charge in [0.25, 0.3) is 5.91 Å². The molecule has 7 nitrogen and oxygen atoms in total. The van der Waals surface area contributed by atoms with Crippen molar-refractivity contribution in [3.05, 3.63) is 64.7 Å². The molecule has 0 radical (unpaired) electrons. The van der Waals surface area contributed by atoms with Crippen LogP contribution >= 0.6 is 11.6 Å². The molecular weight excluding hydrogens is 394 g/mol. The van der Waals surface area contributed by atoms with Gasteiger partial charge in [-0.05, 0) is 35.2 Å². The first-order chi connectivity index (χ1) is 13.8. The Morgan fingerprint density at radius 2 is 1.72 bits per heavy atom. The average molecular weight is 418 g/mol. The summed E-state index contributed by atoms with van der Waals surface area (Å²) in [6.07, 6.45) is -0.180. The predicted molar refractivity (Wildman–Crippen MR) is 112 cm³/mol. The molecule has 0 bridgehead atoms. The molecule has 154 valence electrons. The van der Waals surface area contributed by atoms with E-state index in [1.807, 2.05) is 32.0 Å². The van der Waals surface area contributed by atoms with E-state index in [1.165, 1.54) is 0 Å². The lowest BCUT2D eigenvalue weighted by atomic mass is 10.0. The summed E-state index contributed by atoms with van der Waals surface area (Å²) in [5.41, 5.74) is 7.50. The van der Waals surface area contributed by atoms with Crippen LogP contribution in [0.2, 0.25) is 5.02 Å². The Balaban J connectivity index is 1.94. The average Bonchev–Trinajstić information content (AvgIpc) is 2.66. The Bertz CT molecular complexity index is 868. The second-order valence-electron chi connectivity index (χ2n) is 6.77. The number of nitrogens with one attached hydrogen (secondary N) is 2. The number of hydrogen-bond donors (Lipinski definition) is 3. The predicted octanol–water partition coefficient (Wildman–Crippen LogP) is 3.74. The van der Waals surface area contributed by atoms with Crippen molar-refractivity contribution in [2.45, 2.75) is 32.2 Å². The number of halogens is 1. The largest absolute Gasteiger partial charge is 0.455 e. The van der Waals surface area contributed by atoms with Gasteiger partial charge < -0.3 is 21.1 Å². The van der Waals surface area contributed by atoms with Gasteiger partial charge in [-0.25, -0.2) is 4.79 Å². The Morgan fingerprint density at radius 1 is 1.07 bits per heavy atom. The van der Waals surface area contributed by atoms with Crippen LogP contribution in [0.3, 0.4) is 0 Å². The van der Waals surface area contributed by atoms with Gasteiger partial charge >= 0.3 is 12.0 Å². The minimum absolute atomic E-state index is 0.180. The van der Waals surface area contributed by atoms with Gasteiger partial charge in [-0.1, -0.05) is 55.8 Å². The summed E-state index contributed by atoms with van der Waals surface area (Å²) in [5.74, 6) is -0.864. The summed E-state index contributed by atoms with van der Waals surface area (Å²) >= 11 is 5.86. The fourth-order valence-corrected chi connectivity index (χ4v) is 2.92. The van der Waals surface area contributed by atoms with Crippen molar-refractivity contribution in [1.82, 2.24) is 5.32 Å². The topological polar surface area (TPSA) is 111 Å². The first-order valence-corrected chi connectivity index (χ1v) is 9.50. The maximum absolute atomic E-state index is 12.2. The molecule has 0 saturated carbocycles. The van der Waals surface area contributed by atoms with E-state index >= 15 is 0 Å². The zero-order chi connectivity index (χ0) is 21.4. The first-order valence-electron chi connectivity index (χ1n) is 9.12. The van der Waals surface area contributed by atoms with Crippen LogP contribution in [-0.2, 0) is 14.3 Å². The number of esters is 1. The number of ether oxygens (including phenoxy) is 1. The summed E-state index contributed by atoms with van der Waals surface area (Å²) in [5, 5.41) is 5.76. The van der Waals surface area contributed by atoms with Gasteiger partial charge in [0.1, 0.15) is 0 Å². The zero-order valence-corrected chi connectivity index (χ0v) is 17.0. The quantitative estimate of drug-likeness (QED) is 0.568. The molecule has 29 heavy (non-hydrogen) atoms. The molecule has 1 atom stereocenters. The van der Waals surface area contributed by atoms with Crippen LogP contribution in [0.4, 0.5) is 10.5 Å². The van der Waals surface area contributed by atoms with Gasteiger partial charge in [-0.2, -0.15) is 0 Å². The number of carbonyl (C=O) groups excluding carboxylic acids is 3. The molecule has 0 aromatic heterocycles. The summed E-state index contributed by atoms with van der Waals surface area (Å²) in [6, 6.07) is 12.6. The number of benzene rings is 2. The Morgan fingerprint density at radius 3 is 2.34 bits per heavy atom. The van der Waals surface area contributed by atoms with Crippen molar-refractivity contribution in [2.24, 2.45) is 5.73 Å². The van der Waals surface area contributed by atoms with Crippen LogP contribution in [0.15, 0.2) is 48.5 Å². The van der Waals surface area contributed by atoms with E-state index in [4.69, 9.17) is 22.1 Å². The van der Waals surface area contributed by atoms with Crippen LogP contribution in [0.5, 0.6) is 0 Å². The third-order valence-corrected chi connectivity index (χ3v) is 4.43. The lowest BCUT2D eigenvalue weighted by Gasteiger charge is -2.17. The maximum Gasteiger partial charge on any atom is 0.312 e. The highest BCUT2D eigenvalue weighted by Gasteiger charge is 2.19. The molecule has 3 amide bonds. The molecule has 0 aliphatic heterocycles. The van der Waals surface area contributed by atoms with Gasteiger partial charge in [0.2, 0.25) is 0 Å². The van der Waals surface area contributed by atoms with Crippen molar-refractivity contribution in [3.63, 3.8) is 0 Å². The molecule has 0 unspecified atom stereocenters. The fourth-order valence-electron chi connectivity index (χ4n) is 2.79. The second-order valence-corrected chi connectivity index (χ2v) is 7.20. The summed E-state index contributed by atoms with van der Waals surface area (Å²) in [7, 11) is 0. The Kier molecular flexibility index (Phi) is 8.03. The minimum Gasteiger partial charge on any atom is -0.455 e. The maximum atomic E-state index is 12.2. The highest BCUT2D eigenvalue weighted by Crippen LogP contribution is 2.23. The summed E-state index contributed by atoms with van der Waals surface area (Å²) < 4.78 is 5.06. The standard InChI is InChI=1S/C21H24ClN3O4/c1-13(2)16-5-3-4-6-17(16)24-19(26)12-29-20(27)11-18(25-21(23)28)14-7-9-15(22)10-8-14/h3-10,13,18H,11-12H2,1-2H3,(H,24,26)(H3,23,25,28)/t18-/m0/s1. The summed E-state index contributed by atoms with van der Waals surface area (Å²) in [6.45, 7) is 3.61.